The van der Waals surface area contributed by atoms with Gasteiger partial charge in [-0.15, -0.1) is 0 Å². The van der Waals surface area contributed by atoms with E-state index >= 15 is 0 Å². The highest BCUT2D eigenvalue weighted by Gasteiger charge is 2.46. The van der Waals surface area contributed by atoms with Crippen LogP contribution in [0.5, 0.6) is 17.2 Å². The van der Waals surface area contributed by atoms with Crippen molar-refractivity contribution in [3.05, 3.63) is 23.8 Å². The smallest absolute Gasteiger partial charge is 0.346 e. The minimum Gasteiger partial charge on any atom is -0.493 e. The fourth-order valence-corrected chi connectivity index (χ4v) is 12.2. The monoisotopic (exact) mass is 528 g/mol. The van der Waals surface area contributed by atoms with Gasteiger partial charge in [-0.2, -0.15) is 0 Å². The summed E-state index contributed by atoms with van der Waals surface area (Å²) in [5.41, 5.74) is 0.674. The number of carbonyl (C=O) groups is 1. The molecule has 0 amide bonds. The molecule has 0 aliphatic heterocycles. The maximum absolute atomic E-state index is 13.1. The number of rotatable bonds is 13. The van der Waals surface area contributed by atoms with Crippen molar-refractivity contribution in [1.82, 2.24) is 0 Å². The zero-order chi connectivity index (χ0) is 26.3. The van der Waals surface area contributed by atoms with E-state index in [0.717, 1.165) is 0 Å². The van der Waals surface area contributed by atoms with Gasteiger partial charge in [-0.05, 0) is 76.8 Å². The fraction of sp³-hybridized carbons (Fsp3) is 0.625. The third-order valence-corrected chi connectivity index (χ3v) is 13.4. The second kappa shape index (κ2) is 12.4. The van der Waals surface area contributed by atoms with Gasteiger partial charge in [0, 0.05) is 11.6 Å². The summed E-state index contributed by atoms with van der Waals surface area (Å²) in [5.74, 6) is 1.34. The molecule has 0 N–H and O–H groups in total. The van der Waals surface area contributed by atoms with Gasteiger partial charge in [0.1, 0.15) is 5.22 Å². The lowest BCUT2D eigenvalue weighted by molar-refractivity contribution is -0.147. The highest BCUT2D eigenvalue weighted by molar-refractivity contribution is 6.81. The van der Waals surface area contributed by atoms with Gasteiger partial charge in [0.25, 0.3) is 0 Å². The summed E-state index contributed by atoms with van der Waals surface area (Å²) in [6.45, 7) is 19.0. The lowest BCUT2D eigenvalue weighted by Gasteiger charge is -2.41. The van der Waals surface area contributed by atoms with Gasteiger partial charge in [0.15, 0.2) is 28.1 Å². The summed E-state index contributed by atoms with van der Waals surface area (Å²) < 4.78 is 35.6. The average molecular weight is 529 g/mol. The molecule has 0 saturated carbocycles. The maximum Gasteiger partial charge on any atom is 0.346 e. The van der Waals surface area contributed by atoms with Gasteiger partial charge >= 0.3 is 15.3 Å². The van der Waals surface area contributed by atoms with Crippen LogP contribution in [0.1, 0.15) is 32.8 Å². The zero-order valence-corrected chi connectivity index (χ0v) is 26.2. The summed E-state index contributed by atoms with van der Waals surface area (Å²) in [6, 6.07) is 3.57. The molecular formula is C24H44O7Si3. The van der Waals surface area contributed by atoms with Crippen LogP contribution in [0.4, 0.5) is 0 Å². The SMILES string of the molecule is COc1ccc(C=CC(=O)OC(C)(CC(C)C)[SiH](O[Si](C)(C)C)O[Si](C)(C)C)c(OC)c1OC. The molecule has 1 atom stereocenters. The average Bonchev–Trinajstić information content (AvgIpc) is 2.68. The molecule has 194 valence electrons. The summed E-state index contributed by atoms with van der Waals surface area (Å²) in [7, 11) is -1.59. The molecule has 1 aromatic rings. The summed E-state index contributed by atoms with van der Waals surface area (Å²) in [4.78, 5) is 13.1. The quantitative estimate of drug-likeness (QED) is 0.189. The van der Waals surface area contributed by atoms with Crippen molar-refractivity contribution in [2.24, 2.45) is 5.92 Å². The topological polar surface area (TPSA) is 72.5 Å². The standard InChI is InChI=1S/C24H44O7Si3/c1-18(2)17-24(3,32(30-33(7,8)9)31-34(10,11)12)29-21(25)16-14-19-13-15-20(26-4)23(28-6)22(19)27-5/h13-16,18,32H,17H2,1-12H3. The first-order valence-corrected chi connectivity index (χ1v) is 19.9. The third kappa shape index (κ3) is 9.57. The van der Waals surface area contributed by atoms with Gasteiger partial charge in [0.05, 0.1) is 21.3 Å². The van der Waals surface area contributed by atoms with Crippen molar-refractivity contribution in [1.29, 1.82) is 0 Å². The third-order valence-electron chi connectivity index (χ3n) is 4.70. The largest absolute Gasteiger partial charge is 0.493 e. The molecule has 10 heteroatoms. The van der Waals surface area contributed by atoms with Crippen LogP contribution in [0, 0.1) is 5.92 Å². The van der Waals surface area contributed by atoms with E-state index < -0.39 is 37.1 Å². The first kappa shape index (κ1) is 30.4. The minimum absolute atomic E-state index is 0.304. The van der Waals surface area contributed by atoms with Crippen LogP contribution in [0.15, 0.2) is 18.2 Å². The second-order valence-electron chi connectivity index (χ2n) is 10.9. The number of benzene rings is 1. The summed E-state index contributed by atoms with van der Waals surface area (Å²) in [6.07, 6.45) is 3.74. The first-order chi connectivity index (χ1) is 15.5. The lowest BCUT2D eigenvalue weighted by Crippen LogP contribution is -2.58. The number of hydrogen-bond acceptors (Lipinski definition) is 7. The first-order valence-electron chi connectivity index (χ1n) is 11.6. The Morgan fingerprint density at radius 2 is 1.47 bits per heavy atom. The number of esters is 1. The van der Waals surface area contributed by atoms with Crippen molar-refractivity contribution in [2.45, 2.75) is 71.7 Å². The molecule has 34 heavy (non-hydrogen) atoms. The molecule has 1 aromatic carbocycles. The highest BCUT2D eigenvalue weighted by Crippen LogP contribution is 2.40. The van der Waals surface area contributed by atoms with Crippen LogP contribution >= 0.6 is 0 Å². The van der Waals surface area contributed by atoms with E-state index in [0.29, 0.717) is 35.2 Å². The van der Waals surface area contributed by atoms with Gasteiger partial charge in [-0.3, -0.25) is 0 Å². The minimum atomic E-state index is -2.38. The van der Waals surface area contributed by atoms with Crippen molar-refractivity contribution < 1.29 is 32.0 Å². The molecule has 0 radical (unpaired) electrons. The van der Waals surface area contributed by atoms with Crippen molar-refractivity contribution in [3.8, 4) is 17.2 Å². The zero-order valence-electron chi connectivity index (χ0n) is 23.0. The predicted octanol–water partition coefficient (Wildman–Crippen LogP) is 5.54. The summed E-state index contributed by atoms with van der Waals surface area (Å²) in [5, 5.41) is -0.808. The Morgan fingerprint density at radius 1 is 0.941 bits per heavy atom. The number of ether oxygens (including phenoxy) is 4. The van der Waals surface area contributed by atoms with E-state index in [1.165, 1.54) is 6.08 Å². The van der Waals surface area contributed by atoms with E-state index in [4.69, 9.17) is 27.2 Å². The van der Waals surface area contributed by atoms with Crippen LogP contribution in [0.25, 0.3) is 6.08 Å². The van der Waals surface area contributed by atoms with E-state index in [1.807, 2.05) is 6.92 Å². The molecule has 1 unspecified atom stereocenters. The van der Waals surface area contributed by atoms with Crippen molar-refractivity contribution in [3.63, 3.8) is 0 Å². The van der Waals surface area contributed by atoms with Crippen LogP contribution in [0.2, 0.25) is 39.3 Å². The number of methoxy groups -OCH3 is 3. The molecular weight excluding hydrogens is 485 g/mol. The highest BCUT2D eigenvalue weighted by atomic mass is 28.4. The summed E-state index contributed by atoms with van der Waals surface area (Å²) >= 11 is 0. The van der Waals surface area contributed by atoms with Gasteiger partial charge in [0.2, 0.25) is 5.75 Å². The molecule has 0 spiro atoms. The van der Waals surface area contributed by atoms with E-state index in [9.17, 15) is 4.79 Å². The molecule has 1 rings (SSSR count). The molecule has 7 nitrogen and oxygen atoms in total. The van der Waals surface area contributed by atoms with Crippen molar-refractivity contribution in [2.75, 3.05) is 21.3 Å². The molecule has 0 bridgehead atoms. The van der Waals surface area contributed by atoms with Gasteiger partial charge in [-0.25, -0.2) is 4.79 Å². The predicted molar refractivity (Wildman–Crippen MR) is 145 cm³/mol. The maximum atomic E-state index is 13.1. The molecule has 0 aliphatic rings. The van der Waals surface area contributed by atoms with Crippen LogP contribution < -0.4 is 14.2 Å². The van der Waals surface area contributed by atoms with Crippen LogP contribution in [-0.2, 0) is 17.8 Å². The Bertz CT molecular complexity index is 828. The van der Waals surface area contributed by atoms with Gasteiger partial charge < -0.3 is 27.2 Å². The van der Waals surface area contributed by atoms with E-state index in [-0.39, 0.29) is 0 Å². The van der Waals surface area contributed by atoms with E-state index in [1.54, 1.807) is 39.5 Å². The molecule has 0 heterocycles. The number of hydrogen-bond donors (Lipinski definition) is 0. The van der Waals surface area contributed by atoms with Crippen LogP contribution in [-0.4, -0.2) is 58.4 Å². The molecule has 0 saturated heterocycles. The molecule has 0 fully saturated rings. The van der Waals surface area contributed by atoms with E-state index in [2.05, 4.69) is 53.1 Å². The lowest BCUT2D eigenvalue weighted by atomic mass is 10.1. The molecule has 0 aromatic heterocycles. The Hall–Kier alpha value is -1.60. The Balaban J connectivity index is 3.30. The Morgan fingerprint density at radius 3 is 1.88 bits per heavy atom. The fourth-order valence-electron chi connectivity index (χ4n) is 3.59. The van der Waals surface area contributed by atoms with Crippen molar-refractivity contribution >= 4 is 38.0 Å². The molecule has 0 aliphatic carbocycles. The second-order valence-corrected chi connectivity index (χ2v) is 23.1. The van der Waals surface area contributed by atoms with Crippen LogP contribution in [0.3, 0.4) is 0 Å². The number of carbonyl (C=O) groups excluding carboxylic acids is 1. The Kier molecular flexibility index (Phi) is 11.1. The van der Waals surface area contributed by atoms with Gasteiger partial charge in [-0.1, -0.05) is 13.8 Å². The Labute approximate surface area is 209 Å². The normalized spacial score (nSPS) is 14.4.